The maximum Gasteiger partial charge on any atom is 0.238 e. The Bertz CT molecular complexity index is 1110. The molecular weight excluding hydrogens is 422 g/mol. The number of thioether (sulfide) groups is 1. The molecule has 2 aromatic carbocycles. The molecule has 1 aromatic heterocycles. The van der Waals surface area contributed by atoms with Crippen molar-refractivity contribution in [2.24, 2.45) is 12.2 Å². The Kier molecular flexibility index (Phi) is 6.04. The summed E-state index contributed by atoms with van der Waals surface area (Å²) in [6, 6.07) is 12.9. The van der Waals surface area contributed by atoms with Gasteiger partial charge in [0, 0.05) is 18.3 Å². The van der Waals surface area contributed by atoms with Gasteiger partial charge in [0.1, 0.15) is 0 Å². The van der Waals surface area contributed by atoms with Crippen LogP contribution in [0.1, 0.15) is 0 Å². The van der Waals surface area contributed by atoms with E-state index in [9.17, 15) is 13.2 Å². The number of hydrogen-bond donors (Lipinski definition) is 2. The van der Waals surface area contributed by atoms with Crippen molar-refractivity contribution in [2.45, 2.75) is 10.1 Å². The number of amides is 1. The number of primary sulfonamides is 1. The fraction of sp³-hybridized carbons (Fsp3) is 0.118. The zero-order chi connectivity index (χ0) is 20.3. The third-order valence-corrected chi connectivity index (χ3v) is 6.03. The second-order valence-electron chi connectivity index (χ2n) is 5.75. The lowest BCUT2D eigenvalue weighted by atomic mass is 10.2. The number of anilines is 1. The topological polar surface area (TPSA) is 120 Å². The minimum Gasteiger partial charge on any atom is -0.325 e. The quantitative estimate of drug-likeness (QED) is 0.571. The number of nitrogens with two attached hydrogens (primary N) is 1. The van der Waals surface area contributed by atoms with Crippen LogP contribution in [-0.4, -0.2) is 34.8 Å². The fourth-order valence-corrected chi connectivity index (χ4v) is 3.82. The highest BCUT2D eigenvalue weighted by Gasteiger charge is 2.15. The van der Waals surface area contributed by atoms with Gasteiger partial charge in [-0.15, -0.1) is 10.2 Å². The Morgan fingerprint density at radius 2 is 1.86 bits per heavy atom. The van der Waals surface area contributed by atoms with Gasteiger partial charge >= 0.3 is 0 Å². The lowest BCUT2D eigenvalue weighted by Gasteiger charge is -2.07. The fourth-order valence-electron chi connectivity index (χ4n) is 2.37. The molecule has 0 fully saturated rings. The first-order valence-electron chi connectivity index (χ1n) is 7.95. The summed E-state index contributed by atoms with van der Waals surface area (Å²) in [6.07, 6.45) is 0. The van der Waals surface area contributed by atoms with Crippen molar-refractivity contribution >= 4 is 45.0 Å². The Balaban J connectivity index is 1.63. The van der Waals surface area contributed by atoms with E-state index in [1.807, 2.05) is 18.2 Å². The molecule has 0 atom stereocenters. The zero-order valence-corrected chi connectivity index (χ0v) is 17.1. The molecule has 0 saturated heterocycles. The lowest BCUT2D eigenvalue weighted by Crippen LogP contribution is -2.15. The molecule has 0 spiro atoms. The molecule has 0 aliphatic rings. The second kappa shape index (κ2) is 8.31. The van der Waals surface area contributed by atoms with Crippen molar-refractivity contribution in [1.82, 2.24) is 14.8 Å². The van der Waals surface area contributed by atoms with Gasteiger partial charge in [0.05, 0.1) is 15.7 Å². The van der Waals surface area contributed by atoms with Gasteiger partial charge in [0.2, 0.25) is 15.9 Å². The molecular formula is C17H16ClN5O3S2. The number of carbonyl (C=O) groups is 1. The summed E-state index contributed by atoms with van der Waals surface area (Å²) in [4.78, 5) is 12.1. The minimum atomic E-state index is -3.77. The Morgan fingerprint density at radius 1 is 1.18 bits per heavy atom. The largest absolute Gasteiger partial charge is 0.325 e. The summed E-state index contributed by atoms with van der Waals surface area (Å²) in [5.74, 6) is 0.438. The summed E-state index contributed by atoms with van der Waals surface area (Å²) in [5.41, 5.74) is 1.22. The van der Waals surface area contributed by atoms with Crippen molar-refractivity contribution in [3.63, 3.8) is 0 Å². The third-order valence-electron chi connectivity index (χ3n) is 3.75. The first-order valence-corrected chi connectivity index (χ1v) is 10.9. The Labute approximate surface area is 171 Å². The molecule has 3 aromatic rings. The van der Waals surface area contributed by atoms with Crippen molar-refractivity contribution < 1.29 is 13.2 Å². The van der Waals surface area contributed by atoms with Crippen LogP contribution in [0.15, 0.2) is 58.6 Å². The van der Waals surface area contributed by atoms with Crippen LogP contribution in [0.25, 0.3) is 11.4 Å². The molecule has 0 radical (unpaired) electrons. The van der Waals surface area contributed by atoms with Gasteiger partial charge in [-0.2, -0.15) is 0 Å². The van der Waals surface area contributed by atoms with Gasteiger partial charge in [-0.1, -0.05) is 35.5 Å². The summed E-state index contributed by atoms with van der Waals surface area (Å²) in [6.45, 7) is 0. The molecule has 8 nitrogen and oxygen atoms in total. The van der Waals surface area contributed by atoms with Gasteiger partial charge in [-0.25, -0.2) is 13.6 Å². The highest BCUT2D eigenvalue weighted by Crippen LogP contribution is 2.28. The second-order valence-corrected chi connectivity index (χ2v) is 8.66. The molecule has 0 bridgehead atoms. The van der Waals surface area contributed by atoms with Gasteiger partial charge < -0.3 is 9.88 Å². The Hall–Kier alpha value is -2.40. The summed E-state index contributed by atoms with van der Waals surface area (Å²) >= 11 is 7.42. The molecule has 0 saturated carbocycles. The van der Waals surface area contributed by atoms with Crippen LogP contribution in [0.4, 0.5) is 5.69 Å². The smallest absolute Gasteiger partial charge is 0.238 e. The number of benzene rings is 2. The first-order chi connectivity index (χ1) is 13.3. The average Bonchev–Trinajstić information content (AvgIpc) is 3.00. The predicted octanol–water partition coefficient (Wildman–Crippen LogP) is 2.51. The molecule has 146 valence electrons. The van der Waals surface area contributed by atoms with Crippen LogP contribution in [0.3, 0.4) is 0 Å². The highest BCUT2D eigenvalue weighted by molar-refractivity contribution is 7.99. The molecule has 1 heterocycles. The van der Waals surface area contributed by atoms with Gasteiger partial charge in [-0.3, -0.25) is 4.79 Å². The molecule has 0 unspecified atom stereocenters. The molecule has 3 rings (SSSR count). The van der Waals surface area contributed by atoms with E-state index in [1.165, 1.54) is 36.0 Å². The zero-order valence-electron chi connectivity index (χ0n) is 14.7. The number of nitrogens with zero attached hydrogens (tertiary/aromatic N) is 3. The van der Waals surface area contributed by atoms with Crippen LogP contribution < -0.4 is 10.5 Å². The summed E-state index contributed by atoms with van der Waals surface area (Å²) < 4.78 is 24.3. The van der Waals surface area contributed by atoms with Crippen LogP contribution in [0.5, 0.6) is 0 Å². The van der Waals surface area contributed by atoms with Crippen molar-refractivity contribution in [3.8, 4) is 11.4 Å². The Morgan fingerprint density at radius 3 is 2.50 bits per heavy atom. The first kappa shape index (κ1) is 20.3. The maximum atomic E-state index is 12.2. The monoisotopic (exact) mass is 437 g/mol. The lowest BCUT2D eigenvalue weighted by molar-refractivity contribution is -0.113. The van der Waals surface area contributed by atoms with E-state index in [2.05, 4.69) is 15.5 Å². The van der Waals surface area contributed by atoms with Gasteiger partial charge in [0.25, 0.3) is 0 Å². The number of halogens is 1. The summed E-state index contributed by atoms with van der Waals surface area (Å²) in [5, 5.41) is 17.1. The van der Waals surface area contributed by atoms with E-state index in [0.717, 1.165) is 5.56 Å². The van der Waals surface area contributed by atoms with E-state index < -0.39 is 10.0 Å². The molecule has 11 heteroatoms. The van der Waals surface area contributed by atoms with E-state index in [0.29, 0.717) is 21.7 Å². The predicted molar refractivity (Wildman–Crippen MR) is 109 cm³/mol. The number of nitrogens with one attached hydrogen (secondary N) is 1. The van der Waals surface area contributed by atoms with Crippen LogP contribution in [0.2, 0.25) is 5.02 Å². The molecule has 3 N–H and O–H groups in total. The van der Waals surface area contributed by atoms with E-state index in [1.54, 1.807) is 17.7 Å². The number of carbonyl (C=O) groups excluding carboxylic acids is 1. The van der Waals surface area contributed by atoms with Crippen molar-refractivity contribution in [2.75, 3.05) is 11.1 Å². The third kappa shape index (κ3) is 4.71. The molecule has 28 heavy (non-hydrogen) atoms. The summed E-state index contributed by atoms with van der Waals surface area (Å²) in [7, 11) is -1.97. The van der Waals surface area contributed by atoms with Crippen LogP contribution in [-0.2, 0) is 21.9 Å². The number of aromatic nitrogens is 3. The van der Waals surface area contributed by atoms with Gasteiger partial charge in [0.15, 0.2) is 11.0 Å². The maximum absolute atomic E-state index is 12.2. The number of sulfonamides is 1. The standard InChI is InChI=1S/C17H16ClN5O3S2/c1-23-16(13-4-2-3-5-14(13)18)21-22-17(23)27-10-15(24)20-11-6-8-12(9-7-11)28(19,25)26/h2-9H,10H2,1H3,(H,20,24)(H2,19,25,26). The molecule has 0 aliphatic heterocycles. The van der Waals surface area contributed by atoms with Crippen molar-refractivity contribution in [3.05, 3.63) is 53.6 Å². The number of rotatable bonds is 6. The molecule has 1 amide bonds. The highest BCUT2D eigenvalue weighted by atomic mass is 35.5. The van der Waals surface area contributed by atoms with Gasteiger partial charge in [-0.05, 0) is 36.4 Å². The van der Waals surface area contributed by atoms with Crippen LogP contribution in [0, 0.1) is 0 Å². The average molecular weight is 438 g/mol. The number of hydrogen-bond acceptors (Lipinski definition) is 6. The van der Waals surface area contributed by atoms with E-state index in [-0.39, 0.29) is 16.6 Å². The van der Waals surface area contributed by atoms with E-state index >= 15 is 0 Å². The van der Waals surface area contributed by atoms with Crippen molar-refractivity contribution in [1.29, 1.82) is 0 Å². The van der Waals surface area contributed by atoms with E-state index in [4.69, 9.17) is 16.7 Å². The van der Waals surface area contributed by atoms with Crippen LogP contribution >= 0.6 is 23.4 Å². The molecule has 0 aliphatic carbocycles. The normalized spacial score (nSPS) is 11.4. The minimum absolute atomic E-state index is 0.0222. The SMILES string of the molecule is Cn1c(SCC(=O)Nc2ccc(S(N)(=O)=O)cc2)nnc1-c1ccccc1Cl.